The number of ketones is 1. The topological polar surface area (TPSA) is 85.3 Å². The largest absolute Gasteiger partial charge is 0.507 e. The Balaban J connectivity index is 2.06. The van der Waals surface area contributed by atoms with Gasteiger partial charge in [-0.15, -0.1) is 0 Å². The average molecular weight is 440 g/mol. The molecular formula is C25H29NO6. The number of Topliss-reactive ketones (excluding diaryl/α,β-unsaturated/α-hetero) is 1. The Morgan fingerprint density at radius 3 is 2.34 bits per heavy atom. The molecule has 0 spiro atoms. The number of carbonyl (C=O) groups excluding carboxylic acids is 2. The molecule has 7 nitrogen and oxygen atoms in total. The lowest BCUT2D eigenvalue weighted by Gasteiger charge is -2.25. The Hall–Kier alpha value is -3.32. The van der Waals surface area contributed by atoms with Gasteiger partial charge in [-0.3, -0.25) is 9.59 Å². The van der Waals surface area contributed by atoms with Gasteiger partial charge in [0, 0.05) is 18.7 Å². The summed E-state index contributed by atoms with van der Waals surface area (Å²) in [6.45, 7) is 4.66. The van der Waals surface area contributed by atoms with Gasteiger partial charge in [0.05, 0.1) is 31.9 Å². The van der Waals surface area contributed by atoms with Gasteiger partial charge in [0.15, 0.2) is 0 Å². The molecule has 3 rings (SSSR count). The Morgan fingerprint density at radius 2 is 1.69 bits per heavy atom. The number of rotatable bonds is 9. The SMILES string of the molecule is COc1cccc(C(O)=C2C(=O)C(=O)N(CCCOC(C)C)[C@H]2c2cccc(OC)c2)c1. The van der Waals surface area contributed by atoms with E-state index < -0.39 is 17.7 Å². The number of benzene rings is 2. The zero-order chi connectivity index (χ0) is 23.3. The number of carbonyl (C=O) groups is 2. The number of methoxy groups -OCH3 is 2. The van der Waals surface area contributed by atoms with Crippen molar-refractivity contribution in [3.05, 3.63) is 65.2 Å². The lowest BCUT2D eigenvalue weighted by molar-refractivity contribution is -0.140. The van der Waals surface area contributed by atoms with Crippen molar-refractivity contribution in [1.82, 2.24) is 4.90 Å². The lowest BCUT2D eigenvalue weighted by atomic mass is 9.95. The number of ether oxygens (including phenoxy) is 3. The Labute approximate surface area is 188 Å². The molecule has 0 unspecified atom stereocenters. The molecule has 1 fully saturated rings. The maximum atomic E-state index is 13.1. The normalized spacial score (nSPS) is 17.8. The van der Waals surface area contributed by atoms with E-state index in [1.165, 1.54) is 12.0 Å². The van der Waals surface area contributed by atoms with Crippen LogP contribution in [-0.4, -0.2) is 55.2 Å². The van der Waals surface area contributed by atoms with Gasteiger partial charge >= 0.3 is 0 Å². The molecule has 1 heterocycles. The third-order valence-corrected chi connectivity index (χ3v) is 5.29. The summed E-state index contributed by atoms with van der Waals surface area (Å²) in [5.74, 6) is -0.476. The number of aliphatic hydroxyl groups is 1. The van der Waals surface area contributed by atoms with Crippen LogP contribution in [0.3, 0.4) is 0 Å². The molecule has 1 N–H and O–H groups in total. The van der Waals surface area contributed by atoms with Crippen LogP contribution in [0.25, 0.3) is 5.76 Å². The van der Waals surface area contributed by atoms with Crippen LogP contribution in [0.15, 0.2) is 54.1 Å². The molecule has 0 aromatic heterocycles. The number of likely N-dealkylation sites (tertiary alicyclic amines) is 1. The highest BCUT2D eigenvalue weighted by Crippen LogP contribution is 2.40. The van der Waals surface area contributed by atoms with Gasteiger partial charge in [0.2, 0.25) is 0 Å². The molecule has 7 heteroatoms. The maximum absolute atomic E-state index is 13.1. The fraction of sp³-hybridized carbons (Fsp3) is 0.360. The van der Waals surface area contributed by atoms with Crippen LogP contribution in [0.5, 0.6) is 11.5 Å². The summed E-state index contributed by atoms with van der Waals surface area (Å²) in [5, 5.41) is 11.1. The second-order valence-electron chi connectivity index (χ2n) is 7.77. The molecule has 0 aliphatic carbocycles. The van der Waals surface area contributed by atoms with E-state index in [1.54, 1.807) is 49.6 Å². The Morgan fingerprint density at radius 1 is 1.03 bits per heavy atom. The van der Waals surface area contributed by atoms with Gasteiger partial charge in [-0.05, 0) is 50.1 Å². The summed E-state index contributed by atoms with van der Waals surface area (Å²) in [4.78, 5) is 27.5. The Bertz CT molecular complexity index is 1010. The highest BCUT2D eigenvalue weighted by molar-refractivity contribution is 6.46. The first kappa shape index (κ1) is 23.3. The van der Waals surface area contributed by atoms with Gasteiger partial charge in [0.25, 0.3) is 11.7 Å². The number of hydrogen-bond donors (Lipinski definition) is 1. The number of hydrogen-bond acceptors (Lipinski definition) is 6. The molecule has 0 saturated carbocycles. The molecule has 2 aromatic carbocycles. The van der Waals surface area contributed by atoms with Crippen LogP contribution >= 0.6 is 0 Å². The molecule has 0 bridgehead atoms. The quantitative estimate of drug-likeness (QED) is 0.276. The summed E-state index contributed by atoms with van der Waals surface area (Å²) < 4.78 is 16.2. The standard InChI is InChI=1S/C25H29NO6/c1-16(2)32-13-7-12-26-22(17-8-5-10-19(14-17)30-3)21(24(28)25(26)29)23(27)18-9-6-11-20(15-18)31-4/h5-6,8-11,14-16,22,27H,7,12-13H2,1-4H3/t22-/m0/s1. The minimum atomic E-state index is -0.740. The van der Waals surface area contributed by atoms with Gasteiger partial charge in [0.1, 0.15) is 17.3 Å². The van der Waals surface area contributed by atoms with E-state index in [1.807, 2.05) is 19.9 Å². The highest BCUT2D eigenvalue weighted by atomic mass is 16.5. The molecule has 32 heavy (non-hydrogen) atoms. The number of amides is 1. The van der Waals surface area contributed by atoms with Gasteiger partial charge in [-0.1, -0.05) is 24.3 Å². The van der Waals surface area contributed by atoms with Crippen molar-refractivity contribution in [2.45, 2.75) is 32.4 Å². The molecule has 1 amide bonds. The summed E-state index contributed by atoms with van der Waals surface area (Å²) in [7, 11) is 3.07. The summed E-state index contributed by atoms with van der Waals surface area (Å²) in [6, 6.07) is 13.2. The molecule has 1 aliphatic heterocycles. The molecule has 2 aromatic rings. The van der Waals surface area contributed by atoms with Gasteiger partial charge in [-0.25, -0.2) is 0 Å². The van der Waals surface area contributed by atoms with Crippen molar-refractivity contribution in [1.29, 1.82) is 0 Å². The molecule has 1 atom stereocenters. The fourth-order valence-electron chi connectivity index (χ4n) is 3.75. The van der Waals surface area contributed by atoms with Crippen molar-refractivity contribution in [3.63, 3.8) is 0 Å². The molecule has 1 aliphatic rings. The lowest BCUT2D eigenvalue weighted by Crippen LogP contribution is -2.31. The van der Waals surface area contributed by atoms with Gasteiger partial charge in [-0.2, -0.15) is 0 Å². The summed E-state index contributed by atoms with van der Waals surface area (Å²) in [5.41, 5.74) is 1.12. The first-order valence-electron chi connectivity index (χ1n) is 10.6. The third-order valence-electron chi connectivity index (χ3n) is 5.29. The zero-order valence-corrected chi connectivity index (χ0v) is 18.8. The van der Waals surface area contributed by atoms with Crippen molar-refractivity contribution < 1.29 is 28.9 Å². The minimum Gasteiger partial charge on any atom is -0.507 e. The predicted octanol–water partition coefficient (Wildman–Crippen LogP) is 3.94. The van der Waals surface area contributed by atoms with E-state index in [-0.39, 0.29) is 17.4 Å². The van der Waals surface area contributed by atoms with E-state index in [4.69, 9.17) is 14.2 Å². The van der Waals surface area contributed by atoms with Crippen LogP contribution in [-0.2, 0) is 14.3 Å². The van der Waals surface area contributed by atoms with Crippen molar-refractivity contribution in [2.24, 2.45) is 0 Å². The van der Waals surface area contributed by atoms with E-state index >= 15 is 0 Å². The number of nitrogens with zero attached hydrogens (tertiary/aromatic N) is 1. The number of aliphatic hydroxyl groups excluding tert-OH is 1. The first-order valence-corrected chi connectivity index (χ1v) is 10.6. The van der Waals surface area contributed by atoms with Crippen LogP contribution in [0, 0.1) is 0 Å². The monoisotopic (exact) mass is 439 g/mol. The van der Waals surface area contributed by atoms with Crippen molar-refractivity contribution in [2.75, 3.05) is 27.4 Å². The second-order valence-corrected chi connectivity index (χ2v) is 7.77. The predicted molar refractivity (Wildman–Crippen MR) is 121 cm³/mol. The fourth-order valence-corrected chi connectivity index (χ4v) is 3.75. The van der Waals surface area contributed by atoms with Crippen LogP contribution in [0.2, 0.25) is 0 Å². The molecule has 170 valence electrons. The molecular weight excluding hydrogens is 410 g/mol. The van der Waals surface area contributed by atoms with Crippen LogP contribution < -0.4 is 9.47 Å². The maximum Gasteiger partial charge on any atom is 0.295 e. The van der Waals surface area contributed by atoms with Crippen LogP contribution in [0.4, 0.5) is 0 Å². The van der Waals surface area contributed by atoms with E-state index in [0.29, 0.717) is 42.2 Å². The Kier molecular flexibility index (Phi) is 7.53. The van der Waals surface area contributed by atoms with E-state index in [2.05, 4.69) is 0 Å². The second kappa shape index (κ2) is 10.3. The zero-order valence-electron chi connectivity index (χ0n) is 18.8. The smallest absolute Gasteiger partial charge is 0.295 e. The van der Waals surface area contributed by atoms with E-state index in [9.17, 15) is 14.7 Å². The average Bonchev–Trinajstić information content (AvgIpc) is 3.06. The van der Waals surface area contributed by atoms with Gasteiger partial charge < -0.3 is 24.2 Å². The summed E-state index contributed by atoms with van der Waals surface area (Å²) in [6.07, 6.45) is 0.637. The minimum absolute atomic E-state index is 0.0429. The third kappa shape index (κ3) is 4.94. The highest BCUT2D eigenvalue weighted by Gasteiger charge is 2.45. The first-order chi connectivity index (χ1) is 15.4. The molecule has 1 saturated heterocycles. The van der Waals surface area contributed by atoms with Crippen molar-refractivity contribution in [3.8, 4) is 11.5 Å². The van der Waals surface area contributed by atoms with Crippen LogP contribution in [0.1, 0.15) is 37.4 Å². The summed E-state index contributed by atoms with van der Waals surface area (Å²) >= 11 is 0. The molecule has 0 radical (unpaired) electrons. The van der Waals surface area contributed by atoms with Crippen molar-refractivity contribution >= 4 is 17.4 Å². The van der Waals surface area contributed by atoms with E-state index in [0.717, 1.165) is 0 Å².